The van der Waals surface area contributed by atoms with Gasteiger partial charge in [0, 0.05) is 26.1 Å². The van der Waals surface area contributed by atoms with Gasteiger partial charge in [-0.15, -0.1) is 5.10 Å². The second kappa shape index (κ2) is 8.50. The van der Waals surface area contributed by atoms with Gasteiger partial charge in [-0.1, -0.05) is 12.2 Å². The highest BCUT2D eigenvalue weighted by Crippen LogP contribution is 2.24. The minimum absolute atomic E-state index is 0.104. The normalized spacial score (nSPS) is 21.8. The summed E-state index contributed by atoms with van der Waals surface area (Å²) < 4.78 is 1.68. The molecule has 0 atom stereocenters. The summed E-state index contributed by atoms with van der Waals surface area (Å²) in [6, 6.07) is 0.347. The Kier molecular flexibility index (Phi) is 6.66. The third-order valence-electron chi connectivity index (χ3n) is 4.27. The minimum atomic E-state index is -0.177. The summed E-state index contributed by atoms with van der Waals surface area (Å²) >= 11 is 5.57. The van der Waals surface area contributed by atoms with Crippen molar-refractivity contribution in [2.24, 2.45) is 7.05 Å². The lowest BCUT2D eigenvalue weighted by Gasteiger charge is -2.37. The molecule has 1 heterocycles. The molecule has 1 fully saturated rings. The van der Waals surface area contributed by atoms with Crippen LogP contribution in [0.15, 0.2) is 0 Å². The molecule has 7 nitrogen and oxygen atoms in total. The maximum atomic E-state index is 9.63. The van der Waals surface area contributed by atoms with Gasteiger partial charge in [0.25, 0.3) is 0 Å². The molecular weight excluding hydrogens is 302 g/mol. The Morgan fingerprint density at radius 3 is 2.68 bits per heavy atom. The number of rotatable bonds is 7. The SMILES string of the molecule is Cn1nnnc1CCCC(=S)N(CCO)C1CCC(O)CC1. The van der Waals surface area contributed by atoms with Crippen LogP contribution < -0.4 is 0 Å². The van der Waals surface area contributed by atoms with Crippen molar-refractivity contribution in [3.8, 4) is 0 Å². The Hall–Kier alpha value is -1.12. The zero-order valence-corrected chi connectivity index (χ0v) is 13.9. The lowest BCUT2D eigenvalue weighted by Crippen LogP contribution is -2.43. The number of hydrogen-bond acceptors (Lipinski definition) is 6. The summed E-state index contributed by atoms with van der Waals surface area (Å²) in [7, 11) is 1.83. The summed E-state index contributed by atoms with van der Waals surface area (Å²) in [6.07, 6.45) is 5.82. The van der Waals surface area contributed by atoms with Crippen LogP contribution in [0.3, 0.4) is 0 Å². The van der Waals surface area contributed by atoms with E-state index in [9.17, 15) is 10.2 Å². The standard InChI is InChI=1S/C14H25N5O2S/c1-18-13(15-16-17-18)3-2-4-14(22)19(9-10-20)11-5-7-12(21)8-6-11/h11-12,20-21H,2-10H2,1H3. The van der Waals surface area contributed by atoms with Crippen molar-refractivity contribution >= 4 is 17.2 Å². The van der Waals surface area contributed by atoms with Gasteiger partial charge in [-0.2, -0.15) is 0 Å². The Labute approximate surface area is 136 Å². The first kappa shape index (κ1) is 17.2. The fraction of sp³-hybridized carbons (Fsp3) is 0.857. The Morgan fingerprint density at radius 2 is 2.09 bits per heavy atom. The maximum Gasteiger partial charge on any atom is 0.150 e. The topological polar surface area (TPSA) is 87.3 Å². The zero-order valence-electron chi connectivity index (χ0n) is 13.1. The number of aliphatic hydroxyl groups excluding tert-OH is 2. The highest BCUT2D eigenvalue weighted by atomic mass is 32.1. The Bertz CT molecular complexity index is 474. The Balaban J connectivity index is 1.82. The van der Waals surface area contributed by atoms with Gasteiger partial charge in [0.05, 0.1) is 17.7 Å². The summed E-state index contributed by atoms with van der Waals surface area (Å²) in [6.45, 7) is 0.678. The fourth-order valence-corrected chi connectivity index (χ4v) is 3.37. The molecule has 2 rings (SSSR count). The van der Waals surface area contributed by atoms with E-state index in [2.05, 4.69) is 20.4 Å². The van der Waals surface area contributed by atoms with Crippen LogP contribution in [-0.2, 0) is 13.5 Å². The van der Waals surface area contributed by atoms with E-state index < -0.39 is 0 Å². The van der Waals surface area contributed by atoms with Crippen molar-refractivity contribution in [2.75, 3.05) is 13.2 Å². The second-order valence-corrected chi connectivity index (χ2v) is 6.32. The summed E-state index contributed by atoms with van der Waals surface area (Å²) in [4.78, 5) is 3.04. The van der Waals surface area contributed by atoms with Crippen molar-refractivity contribution in [2.45, 2.75) is 57.1 Å². The molecule has 0 amide bonds. The highest BCUT2D eigenvalue weighted by molar-refractivity contribution is 7.80. The van der Waals surface area contributed by atoms with Gasteiger partial charge in [0.2, 0.25) is 0 Å². The van der Waals surface area contributed by atoms with Crippen molar-refractivity contribution in [1.82, 2.24) is 25.1 Å². The first-order valence-corrected chi connectivity index (χ1v) is 8.32. The number of aromatic nitrogens is 4. The van der Waals surface area contributed by atoms with Crippen LogP contribution >= 0.6 is 12.2 Å². The molecule has 0 spiro atoms. The van der Waals surface area contributed by atoms with Gasteiger partial charge in [0.15, 0.2) is 5.82 Å². The molecular formula is C14H25N5O2S. The van der Waals surface area contributed by atoms with E-state index in [1.54, 1.807) is 4.68 Å². The van der Waals surface area contributed by atoms with Crippen LogP contribution in [0.2, 0.25) is 0 Å². The smallest absolute Gasteiger partial charge is 0.150 e. The van der Waals surface area contributed by atoms with Crippen LogP contribution in [0.4, 0.5) is 0 Å². The number of tetrazole rings is 1. The van der Waals surface area contributed by atoms with E-state index >= 15 is 0 Å². The molecule has 2 N–H and O–H groups in total. The lowest BCUT2D eigenvalue weighted by atomic mass is 9.92. The molecule has 1 aromatic heterocycles. The largest absolute Gasteiger partial charge is 0.395 e. The number of thiocarbonyl (C=S) groups is 1. The van der Waals surface area contributed by atoms with Gasteiger partial charge in [-0.3, -0.25) is 0 Å². The molecule has 0 saturated heterocycles. The number of aryl methyl sites for hydroxylation is 2. The molecule has 0 unspecified atom stereocenters. The van der Waals surface area contributed by atoms with Gasteiger partial charge < -0.3 is 15.1 Å². The first-order chi connectivity index (χ1) is 10.6. The summed E-state index contributed by atoms with van der Waals surface area (Å²) in [5.41, 5.74) is 0. The van der Waals surface area contributed by atoms with Gasteiger partial charge >= 0.3 is 0 Å². The molecule has 1 saturated carbocycles. The molecule has 1 aliphatic rings. The molecule has 0 bridgehead atoms. The third-order valence-corrected chi connectivity index (χ3v) is 4.71. The van der Waals surface area contributed by atoms with E-state index in [0.717, 1.165) is 55.8 Å². The zero-order chi connectivity index (χ0) is 15.9. The molecule has 124 valence electrons. The first-order valence-electron chi connectivity index (χ1n) is 7.91. The van der Waals surface area contributed by atoms with Crippen molar-refractivity contribution < 1.29 is 10.2 Å². The lowest BCUT2D eigenvalue weighted by molar-refractivity contribution is 0.0918. The summed E-state index contributed by atoms with van der Waals surface area (Å²) in [5.74, 6) is 0.859. The number of aliphatic hydroxyl groups is 2. The van der Waals surface area contributed by atoms with Crippen molar-refractivity contribution in [1.29, 1.82) is 0 Å². The van der Waals surface area contributed by atoms with Crippen molar-refractivity contribution in [3.05, 3.63) is 5.82 Å². The third kappa shape index (κ3) is 4.69. The molecule has 1 aromatic rings. The predicted molar refractivity (Wildman–Crippen MR) is 86.4 cm³/mol. The maximum absolute atomic E-state index is 9.63. The van der Waals surface area contributed by atoms with E-state index in [1.807, 2.05) is 7.05 Å². The van der Waals surface area contributed by atoms with Gasteiger partial charge in [-0.25, -0.2) is 4.68 Å². The van der Waals surface area contributed by atoms with Gasteiger partial charge in [-0.05, 0) is 49.0 Å². The Morgan fingerprint density at radius 1 is 1.36 bits per heavy atom. The van der Waals surface area contributed by atoms with Crippen LogP contribution in [0.1, 0.15) is 44.3 Å². The molecule has 22 heavy (non-hydrogen) atoms. The van der Waals surface area contributed by atoms with Crippen LogP contribution in [-0.4, -0.2) is 65.6 Å². The molecule has 0 aromatic carbocycles. The van der Waals surface area contributed by atoms with Crippen LogP contribution in [0.25, 0.3) is 0 Å². The molecule has 0 aliphatic heterocycles. The average Bonchev–Trinajstić information content (AvgIpc) is 2.91. The average molecular weight is 327 g/mol. The highest BCUT2D eigenvalue weighted by Gasteiger charge is 2.25. The molecule has 1 aliphatic carbocycles. The number of nitrogens with zero attached hydrogens (tertiary/aromatic N) is 5. The molecule has 8 heteroatoms. The minimum Gasteiger partial charge on any atom is -0.395 e. The quantitative estimate of drug-likeness (QED) is 0.703. The van der Waals surface area contributed by atoms with Crippen LogP contribution in [0, 0.1) is 0 Å². The van der Waals surface area contributed by atoms with E-state index in [0.29, 0.717) is 12.6 Å². The number of hydrogen-bond donors (Lipinski definition) is 2. The second-order valence-electron chi connectivity index (χ2n) is 5.85. The monoisotopic (exact) mass is 327 g/mol. The van der Waals surface area contributed by atoms with E-state index in [4.69, 9.17) is 12.2 Å². The predicted octanol–water partition coefficient (Wildman–Crippen LogP) is 0.458. The van der Waals surface area contributed by atoms with Crippen molar-refractivity contribution in [3.63, 3.8) is 0 Å². The molecule has 0 radical (unpaired) electrons. The fourth-order valence-electron chi connectivity index (χ4n) is 2.99. The summed E-state index contributed by atoms with van der Waals surface area (Å²) in [5, 5.41) is 30.3. The van der Waals surface area contributed by atoms with E-state index in [1.165, 1.54) is 0 Å². The van der Waals surface area contributed by atoms with Gasteiger partial charge in [0.1, 0.15) is 0 Å². The van der Waals surface area contributed by atoms with Crippen LogP contribution in [0.5, 0.6) is 0 Å². The van der Waals surface area contributed by atoms with E-state index in [-0.39, 0.29) is 12.7 Å².